The lowest BCUT2D eigenvalue weighted by atomic mass is 10.1. The summed E-state index contributed by atoms with van der Waals surface area (Å²) >= 11 is 6.24. The van der Waals surface area contributed by atoms with Crippen molar-refractivity contribution in [2.75, 3.05) is 11.4 Å². The van der Waals surface area contributed by atoms with Gasteiger partial charge in [-0.2, -0.15) is 0 Å². The summed E-state index contributed by atoms with van der Waals surface area (Å²) in [7, 11) is 0. The van der Waals surface area contributed by atoms with Gasteiger partial charge in [0.2, 0.25) is 0 Å². The molecule has 0 radical (unpaired) electrons. The minimum absolute atomic E-state index is 0.211. The van der Waals surface area contributed by atoms with Crippen LogP contribution in [0.15, 0.2) is 42.5 Å². The van der Waals surface area contributed by atoms with Gasteiger partial charge in [0.25, 0.3) is 0 Å². The average molecular weight is 290 g/mol. The molecule has 2 rings (SSSR count). The molecule has 0 saturated carbocycles. The van der Waals surface area contributed by atoms with Gasteiger partial charge in [0.05, 0.1) is 16.3 Å². The molecule has 0 bridgehead atoms. The molecule has 3 nitrogen and oxygen atoms in total. The van der Waals surface area contributed by atoms with E-state index in [4.69, 9.17) is 11.6 Å². The van der Waals surface area contributed by atoms with Crippen LogP contribution < -0.4 is 4.90 Å². The third-order valence-corrected chi connectivity index (χ3v) is 3.51. The van der Waals surface area contributed by atoms with Gasteiger partial charge in [-0.15, -0.1) is 0 Å². The summed E-state index contributed by atoms with van der Waals surface area (Å²) in [4.78, 5) is 13.4. The van der Waals surface area contributed by atoms with Gasteiger partial charge in [0.1, 0.15) is 0 Å². The van der Waals surface area contributed by atoms with Gasteiger partial charge in [-0.25, -0.2) is 4.79 Å². The molecule has 104 valence electrons. The molecular weight excluding hydrogens is 274 g/mol. The molecule has 0 aromatic heterocycles. The second-order valence-electron chi connectivity index (χ2n) is 4.47. The molecule has 0 fully saturated rings. The van der Waals surface area contributed by atoms with Crippen molar-refractivity contribution in [1.29, 1.82) is 0 Å². The number of halogens is 1. The van der Waals surface area contributed by atoms with Crippen LogP contribution in [0.3, 0.4) is 0 Å². The molecule has 2 aromatic carbocycles. The lowest BCUT2D eigenvalue weighted by Crippen LogP contribution is -2.20. The normalized spacial score (nSPS) is 10.3. The van der Waals surface area contributed by atoms with Crippen LogP contribution in [0.5, 0.6) is 0 Å². The minimum Gasteiger partial charge on any atom is -0.478 e. The van der Waals surface area contributed by atoms with Crippen molar-refractivity contribution in [2.24, 2.45) is 0 Å². The van der Waals surface area contributed by atoms with Gasteiger partial charge < -0.3 is 10.0 Å². The maximum atomic E-state index is 11.4. The van der Waals surface area contributed by atoms with Gasteiger partial charge in [0.15, 0.2) is 0 Å². The summed E-state index contributed by atoms with van der Waals surface area (Å²) in [6.07, 6.45) is 0. The topological polar surface area (TPSA) is 40.5 Å². The fourth-order valence-corrected chi connectivity index (χ4v) is 2.55. The molecule has 0 amide bonds. The van der Waals surface area contributed by atoms with Crippen molar-refractivity contribution in [3.63, 3.8) is 0 Å². The first kappa shape index (κ1) is 14.4. The standard InChI is InChI=1S/C16H16ClNO2/c1-3-18(14-10-5-4-7-11(14)2)15-12(16(19)20)8-6-9-13(15)17/h4-10H,3H2,1-2H3,(H,19,20). The quantitative estimate of drug-likeness (QED) is 0.900. The molecule has 4 heteroatoms. The zero-order chi connectivity index (χ0) is 14.7. The summed E-state index contributed by atoms with van der Waals surface area (Å²) in [6, 6.07) is 12.8. The summed E-state index contributed by atoms with van der Waals surface area (Å²) in [5.74, 6) is -0.977. The largest absolute Gasteiger partial charge is 0.478 e. The monoisotopic (exact) mass is 289 g/mol. The van der Waals surface area contributed by atoms with Crippen LogP contribution in [0.25, 0.3) is 0 Å². The van der Waals surface area contributed by atoms with Crippen LogP contribution in [0.2, 0.25) is 5.02 Å². The van der Waals surface area contributed by atoms with Gasteiger partial charge in [-0.05, 0) is 37.6 Å². The summed E-state index contributed by atoms with van der Waals surface area (Å²) in [5, 5.41) is 9.81. The van der Waals surface area contributed by atoms with E-state index in [1.165, 1.54) is 0 Å². The molecule has 0 atom stereocenters. The first-order valence-electron chi connectivity index (χ1n) is 6.41. The lowest BCUT2D eigenvalue weighted by molar-refractivity contribution is 0.0697. The summed E-state index contributed by atoms with van der Waals surface area (Å²) < 4.78 is 0. The Morgan fingerprint density at radius 2 is 1.90 bits per heavy atom. The van der Waals surface area contributed by atoms with Gasteiger partial charge >= 0.3 is 5.97 Å². The second kappa shape index (κ2) is 5.97. The van der Waals surface area contributed by atoms with Crippen molar-refractivity contribution in [2.45, 2.75) is 13.8 Å². The van der Waals surface area contributed by atoms with Crippen molar-refractivity contribution in [3.05, 3.63) is 58.6 Å². The lowest BCUT2D eigenvalue weighted by Gasteiger charge is -2.27. The number of rotatable bonds is 4. The number of hydrogen-bond donors (Lipinski definition) is 1. The molecule has 20 heavy (non-hydrogen) atoms. The number of aromatic carboxylic acids is 1. The highest BCUT2D eigenvalue weighted by Gasteiger charge is 2.20. The predicted molar refractivity (Wildman–Crippen MR) is 82.3 cm³/mol. The number of carboxylic acids is 1. The Bertz CT molecular complexity index is 640. The number of para-hydroxylation sites is 2. The highest BCUT2D eigenvalue weighted by Crippen LogP contribution is 2.36. The average Bonchev–Trinajstić information content (AvgIpc) is 2.43. The minimum atomic E-state index is -0.977. The Hall–Kier alpha value is -2.00. The third-order valence-electron chi connectivity index (χ3n) is 3.21. The summed E-state index contributed by atoms with van der Waals surface area (Å²) in [6.45, 7) is 4.60. The van der Waals surface area contributed by atoms with Crippen molar-refractivity contribution >= 4 is 28.9 Å². The highest BCUT2D eigenvalue weighted by molar-refractivity contribution is 6.34. The molecule has 0 aliphatic heterocycles. The van der Waals surface area contributed by atoms with Crippen molar-refractivity contribution in [3.8, 4) is 0 Å². The Balaban J connectivity index is 2.64. The number of carboxylic acid groups (broad SMARTS) is 1. The van der Waals surface area contributed by atoms with E-state index in [0.717, 1.165) is 11.3 Å². The maximum absolute atomic E-state index is 11.4. The number of anilines is 2. The van der Waals surface area contributed by atoms with E-state index in [0.29, 0.717) is 17.3 Å². The van der Waals surface area contributed by atoms with Crippen LogP contribution >= 0.6 is 11.6 Å². The van der Waals surface area contributed by atoms with E-state index in [-0.39, 0.29) is 5.56 Å². The van der Waals surface area contributed by atoms with E-state index in [9.17, 15) is 9.90 Å². The van der Waals surface area contributed by atoms with E-state index in [1.807, 2.05) is 43.0 Å². The van der Waals surface area contributed by atoms with Crippen LogP contribution in [0, 0.1) is 6.92 Å². The first-order valence-corrected chi connectivity index (χ1v) is 6.79. The zero-order valence-corrected chi connectivity index (χ0v) is 12.2. The maximum Gasteiger partial charge on any atom is 0.337 e. The molecule has 0 unspecified atom stereocenters. The highest BCUT2D eigenvalue weighted by atomic mass is 35.5. The Labute approximate surface area is 123 Å². The van der Waals surface area contributed by atoms with Gasteiger partial charge in [0, 0.05) is 12.2 Å². The SMILES string of the molecule is CCN(c1ccccc1C)c1c(Cl)cccc1C(=O)O. The van der Waals surface area contributed by atoms with E-state index in [1.54, 1.807) is 18.2 Å². The molecule has 0 aliphatic rings. The molecule has 2 aromatic rings. The molecule has 0 heterocycles. The van der Waals surface area contributed by atoms with Crippen LogP contribution in [-0.2, 0) is 0 Å². The van der Waals surface area contributed by atoms with E-state index >= 15 is 0 Å². The molecule has 0 spiro atoms. The smallest absolute Gasteiger partial charge is 0.337 e. The summed E-state index contributed by atoms with van der Waals surface area (Å²) in [5.41, 5.74) is 2.79. The number of benzene rings is 2. The number of aryl methyl sites for hydroxylation is 1. The van der Waals surface area contributed by atoms with Gasteiger partial charge in [-0.3, -0.25) is 0 Å². The van der Waals surface area contributed by atoms with Crippen molar-refractivity contribution in [1.82, 2.24) is 0 Å². The van der Waals surface area contributed by atoms with E-state index in [2.05, 4.69) is 0 Å². The molecular formula is C16H16ClNO2. The van der Waals surface area contributed by atoms with Crippen LogP contribution in [0.1, 0.15) is 22.8 Å². The fraction of sp³-hybridized carbons (Fsp3) is 0.188. The molecule has 0 saturated heterocycles. The predicted octanol–water partition coefficient (Wildman–Crippen LogP) is 4.50. The second-order valence-corrected chi connectivity index (χ2v) is 4.88. The van der Waals surface area contributed by atoms with Crippen LogP contribution in [-0.4, -0.2) is 17.6 Å². The van der Waals surface area contributed by atoms with Crippen LogP contribution in [0.4, 0.5) is 11.4 Å². The Kier molecular flexibility index (Phi) is 4.30. The van der Waals surface area contributed by atoms with E-state index < -0.39 is 5.97 Å². The zero-order valence-electron chi connectivity index (χ0n) is 11.4. The molecule has 1 N–H and O–H groups in total. The Morgan fingerprint density at radius 3 is 2.50 bits per heavy atom. The first-order chi connectivity index (χ1) is 9.56. The number of nitrogens with zero attached hydrogens (tertiary/aromatic N) is 1. The molecule has 0 aliphatic carbocycles. The number of hydrogen-bond acceptors (Lipinski definition) is 2. The van der Waals surface area contributed by atoms with Crippen molar-refractivity contribution < 1.29 is 9.90 Å². The Morgan fingerprint density at radius 1 is 1.20 bits per heavy atom. The number of carbonyl (C=O) groups is 1. The third kappa shape index (κ3) is 2.63. The van der Waals surface area contributed by atoms with Gasteiger partial charge in [-0.1, -0.05) is 35.9 Å². The fourth-order valence-electron chi connectivity index (χ4n) is 2.28.